The molecule has 0 atom stereocenters. The van der Waals surface area contributed by atoms with Gasteiger partial charge in [0.05, 0.1) is 0 Å². The van der Waals surface area contributed by atoms with Gasteiger partial charge in [-0.1, -0.05) is 0 Å². The molecule has 3 rings (SSSR count). The molecule has 3 aliphatic heterocycles. The summed E-state index contributed by atoms with van der Waals surface area (Å²) >= 11 is 0. The molecule has 0 aromatic carbocycles. The van der Waals surface area contributed by atoms with E-state index in [0.717, 1.165) is 12.6 Å². The van der Waals surface area contributed by atoms with Crippen LogP contribution in [-0.2, 0) is 0 Å². The number of fused-ring (bicyclic) bond motifs is 4. The van der Waals surface area contributed by atoms with Crippen LogP contribution in [0, 0.1) is 5.92 Å². The fraction of sp³-hybridized carbons (Fsp3) is 1.00. The van der Waals surface area contributed by atoms with Gasteiger partial charge in [0.15, 0.2) is 0 Å². The molecular formula is C7H14ClN2-. The van der Waals surface area contributed by atoms with Crippen LogP contribution in [0.2, 0.25) is 0 Å². The summed E-state index contributed by atoms with van der Waals surface area (Å²) in [6.07, 6.45) is 2.85. The van der Waals surface area contributed by atoms with Crippen LogP contribution in [-0.4, -0.2) is 31.2 Å². The molecule has 60 valence electrons. The number of rotatable bonds is 0. The van der Waals surface area contributed by atoms with Crippen molar-refractivity contribution in [1.82, 2.24) is 10.2 Å². The van der Waals surface area contributed by atoms with Crippen molar-refractivity contribution in [2.24, 2.45) is 5.92 Å². The Labute approximate surface area is 68.4 Å². The van der Waals surface area contributed by atoms with Crippen LogP contribution in [0.5, 0.6) is 0 Å². The minimum absolute atomic E-state index is 0. The van der Waals surface area contributed by atoms with Crippen molar-refractivity contribution in [2.45, 2.75) is 12.8 Å². The highest BCUT2D eigenvalue weighted by Crippen LogP contribution is 2.17. The van der Waals surface area contributed by atoms with Gasteiger partial charge in [0.2, 0.25) is 0 Å². The highest BCUT2D eigenvalue weighted by Gasteiger charge is 2.21. The number of nitrogens with zero attached hydrogens (tertiary/aromatic N) is 1. The fourth-order valence-corrected chi connectivity index (χ4v) is 1.78. The fourth-order valence-electron chi connectivity index (χ4n) is 1.78. The minimum Gasteiger partial charge on any atom is -1.00 e. The second-order valence-corrected chi connectivity index (χ2v) is 3.17. The maximum atomic E-state index is 3.44. The third-order valence-corrected chi connectivity index (χ3v) is 2.48. The molecule has 0 amide bonds. The maximum Gasteiger partial charge on any atom is 0.0480 e. The smallest absolute Gasteiger partial charge is 0.0480 e. The molecule has 0 unspecified atom stereocenters. The number of nitrogens with one attached hydrogen (secondary N) is 1. The Kier molecular flexibility index (Phi) is 2.96. The lowest BCUT2D eigenvalue weighted by Gasteiger charge is -2.25. The first-order chi connectivity index (χ1) is 4.45. The zero-order chi connectivity index (χ0) is 6.10. The topological polar surface area (TPSA) is 15.3 Å². The third kappa shape index (κ3) is 1.62. The molecule has 3 fully saturated rings. The predicted octanol–water partition coefficient (Wildman–Crippen LogP) is -2.74. The normalized spacial score (nSPS) is 38.4. The van der Waals surface area contributed by atoms with Crippen LogP contribution in [0.3, 0.4) is 0 Å². The maximum absolute atomic E-state index is 3.44. The molecule has 0 aromatic rings. The number of hydrogen-bond donors (Lipinski definition) is 1. The Morgan fingerprint density at radius 3 is 2.60 bits per heavy atom. The van der Waals surface area contributed by atoms with Crippen LogP contribution < -0.4 is 17.7 Å². The van der Waals surface area contributed by atoms with E-state index in [1.165, 1.54) is 32.5 Å². The molecule has 2 bridgehead atoms. The summed E-state index contributed by atoms with van der Waals surface area (Å²) in [6.45, 7) is 5.06. The monoisotopic (exact) mass is 161 g/mol. The van der Waals surface area contributed by atoms with Gasteiger partial charge in [-0.15, -0.1) is 0 Å². The van der Waals surface area contributed by atoms with Crippen molar-refractivity contribution in [3.63, 3.8) is 0 Å². The van der Waals surface area contributed by atoms with E-state index in [1.807, 2.05) is 0 Å². The average Bonchev–Trinajstić information content (AvgIpc) is 2.21. The largest absolute Gasteiger partial charge is 1.00 e. The second-order valence-electron chi connectivity index (χ2n) is 3.17. The Morgan fingerprint density at radius 2 is 1.90 bits per heavy atom. The van der Waals surface area contributed by atoms with Crippen LogP contribution >= 0.6 is 0 Å². The third-order valence-electron chi connectivity index (χ3n) is 2.48. The SMILES string of the molecule is C1CN2CCC1CNC2.[Cl-]. The number of piperidine rings is 1. The summed E-state index contributed by atoms with van der Waals surface area (Å²) < 4.78 is 0. The summed E-state index contributed by atoms with van der Waals surface area (Å²) in [5, 5.41) is 3.44. The molecule has 1 N–H and O–H groups in total. The van der Waals surface area contributed by atoms with Gasteiger partial charge >= 0.3 is 0 Å². The molecule has 3 heteroatoms. The van der Waals surface area contributed by atoms with E-state index < -0.39 is 0 Å². The lowest BCUT2D eigenvalue weighted by atomic mass is 9.99. The average molecular weight is 162 g/mol. The lowest BCUT2D eigenvalue weighted by molar-refractivity contribution is -0.00000195. The molecule has 2 nitrogen and oxygen atoms in total. The Bertz CT molecular complexity index is 82.3. The summed E-state index contributed by atoms with van der Waals surface area (Å²) in [6, 6.07) is 0. The molecule has 0 aliphatic carbocycles. The van der Waals surface area contributed by atoms with Gasteiger partial charge in [-0.05, 0) is 38.4 Å². The van der Waals surface area contributed by atoms with Crippen molar-refractivity contribution >= 4 is 0 Å². The second kappa shape index (κ2) is 3.56. The van der Waals surface area contributed by atoms with Crippen LogP contribution in [0.4, 0.5) is 0 Å². The molecule has 3 aliphatic rings. The summed E-state index contributed by atoms with van der Waals surface area (Å²) in [5.74, 6) is 0.990. The van der Waals surface area contributed by atoms with E-state index in [1.54, 1.807) is 0 Å². The van der Waals surface area contributed by atoms with Crippen molar-refractivity contribution in [1.29, 1.82) is 0 Å². The molecule has 0 aromatic heterocycles. The first kappa shape index (κ1) is 8.31. The van der Waals surface area contributed by atoms with E-state index in [-0.39, 0.29) is 12.4 Å². The van der Waals surface area contributed by atoms with Crippen LogP contribution in [0.25, 0.3) is 0 Å². The molecule has 3 saturated heterocycles. The zero-order valence-corrected chi connectivity index (χ0v) is 6.90. The molecule has 3 heterocycles. The van der Waals surface area contributed by atoms with E-state index in [9.17, 15) is 0 Å². The first-order valence-corrected chi connectivity index (χ1v) is 3.88. The lowest BCUT2D eigenvalue weighted by Crippen LogP contribution is -3.00. The van der Waals surface area contributed by atoms with E-state index >= 15 is 0 Å². The zero-order valence-electron chi connectivity index (χ0n) is 6.15. The van der Waals surface area contributed by atoms with Gasteiger partial charge in [0.25, 0.3) is 0 Å². The molecule has 0 spiro atoms. The number of halogens is 1. The standard InChI is InChI=1S/C7H14N2.ClH/c1-3-9-4-2-7(1)5-8-6-9;/h7-8H,1-6H2;1H/p-1. The van der Waals surface area contributed by atoms with Gasteiger partial charge in [-0.2, -0.15) is 0 Å². The van der Waals surface area contributed by atoms with Gasteiger partial charge < -0.3 is 17.7 Å². The highest BCUT2D eigenvalue weighted by molar-refractivity contribution is 4.76. The summed E-state index contributed by atoms with van der Waals surface area (Å²) in [7, 11) is 0. The number of hydrogen-bond acceptors (Lipinski definition) is 2. The van der Waals surface area contributed by atoms with E-state index in [2.05, 4.69) is 10.2 Å². The molecular weight excluding hydrogens is 148 g/mol. The van der Waals surface area contributed by atoms with Gasteiger partial charge in [-0.25, -0.2) is 0 Å². The van der Waals surface area contributed by atoms with Crippen molar-refractivity contribution < 1.29 is 12.4 Å². The van der Waals surface area contributed by atoms with Gasteiger partial charge in [-0.3, -0.25) is 4.90 Å². The predicted molar refractivity (Wildman–Crippen MR) is 37.2 cm³/mol. The Morgan fingerprint density at radius 1 is 1.20 bits per heavy atom. The Hall–Kier alpha value is 0.210. The quantitative estimate of drug-likeness (QED) is 0.415. The molecule has 0 saturated carbocycles. The van der Waals surface area contributed by atoms with Gasteiger partial charge in [0, 0.05) is 6.67 Å². The van der Waals surface area contributed by atoms with Gasteiger partial charge in [0.1, 0.15) is 0 Å². The van der Waals surface area contributed by atoms with Crippen LogP contribution in [0.1, 0.15) is 12.8 Å². The summed E-state index contributed by atoms with van der Waals surface area (Å²) in [5.41, 5.74) is 0. The van der Waals surface area contributed by atoms with E-state index in [4.69, 9.17) is 0 Å². The first-order valence-electron chi connectivity index (χ1n) is 3.88. The Balaban J connectivity index is 0.000000500. The molecule has 10 heavy (non-hydrogen) atoms. The minimum atomic E-state index is 0. The molecule has 0 radical (unpaired) electrons. The van der Waals surface area contributed by atoms with Crippen molar-refractivity contribution in [3.8, 4) is 0 Å². The van der Waals surface area contributed by atoms with Crippen molar-refractivity contribution in [2.75, 3.05) is 26.3 Å². The summed E-state index contributed by atoms with van der Waals surface area (Å²) in [4.78, 5) is 2.50. The highest BCUT2D eigenvalue weighted by atomic mass is 35.5. The van der Waals surface area contributed by atoms with Crippen LogP contribution in [0.15, 0.2) is 0 Å². The van der Waals surface area contributed by atoms with Crippen molar-refractivity contribution in [3.05, 3.63) is 0 Å². The van der Waals surface area contributed by atoms with E-state index in [0.29, 0.717) is 0 Å².